The minimum atomic E-state index is -4.96. The Kier molecular flexibility index (Phi) is 15.9. The number of benzene rings is 20. The van der Waals surface area contributed by atoms with Crippen LogP contribution in [0.25, 0.3) is 109 Å². The Morgan fingerprint density at radius 2 is 0.460 bits per heavy atom. The third kappa shape index (κ3) is 15.4. The summed E-state index contributed by atoms with van der Waals surface area (Å²) in [5.74, 6) is 0. The number of rotatable bonds is 18. The highest BCUT2D eigenvalue weighted by Crippen LogP contribution is 2.54. The van der Waals surface area contributed by atoms with E-state index in [-0.39, 0.29) is 68.9 Å². The van der Waals surface area contributed by atoms with Crippen LogP contribution in [0.1, 0.15) is 49.7 Å². The molecule has 0 saturated heterocycles. The number of para-hydroxylation sites is 2. The molecule has 20 aromatic carbocycles. The molecule has 0 bridgehead atoms. The molecule has 0 aliphatic heterocycles. The Labute approximate surface area is 761 Å². The van der Waals surface area contributed by atoms with Crippen LogP contribution in [0.3, 0.4) is 0 Å². The number of alkyl halides is 6. The molecule has 0 aliphatic carbocycles. The molecule has 0 heterocycles. The molecule has 0 N–H and O–H groups in total. The van der Waals surface area contributed by atoms with Crippen LogP contribution in [0.5, 0.6) is 0 Å². The lowest BCUT2D eigenvalue weighted by molar-refractivity contribution is -0.137. The molecule has 0 aliphatic rings. The predicted octanol–water partition coefficient (Wildman–Crippen LogP) is 33.5. The molecule has 12 heteroatoms. The van der Waals surface area contributed by atoms with Gasteiger partial charge >= 0.3 is 12.4 Å². The summed E-state index contributed by atoms with van der Waals surface area (Å²) >= 11 is 0. The standard InChI is InChI=1S/C60H53F3N2Si2.C54H37F3N2/c1-40-38-45(41-14-10-8-11-15-41)22-34-54(40)64(47-24-28-49(29-25-47)66(2,3)4)55-35-20-43-19-33-52-56(36-21-44-18-32-51(55)58(43)59(44)52)65(48-26-30-50(31-27-48)67(5,6)7)57-37-23-46(39-53(57)60(61,62)63)42-16-12-9-13-17-42;1-36-34-41(37-14-6-2-7-15-37)26-30-48(36)58(43-18-10-4-11-19-43)49-31-24-39-23-29-46-50(32-25-40-22-28-45(49)52(39)53(40)46)59(44-20-12-5-13-21-44)51-33-27-42(35-47(51)54(55,56)57)38-16-8-3-9-17-38/h8-39H,1-7H3;2-35H,1H3/i8D,9D,10D,11D,12D,13D,14D,15D,16D,17D;2D,3D,6D,7D,8D,9D,14D,15D,16D,17D. The monoisotopic (exact) mass is 1700 g/mol. The summed E-state index contributed by atoms with van der Waals surface area (Å²) in [5.41, 5.74) is 5.59. The summed E-state index contributed by atoms with van der Waals surface area (Å²) in [6.45, 7) is 17.3. The molecule has 0 fully saturated rings. The average Bonchev–Trinajstić information content (AvgIpc) is 0.716. The number of halogens is 6. The van der Waals surface area contributed by atoms with Gasteiger partial charge in [-0.2, -0.15) is 26.3 Å². The highest BCUT2D eigenvalue weighted by molar-refractivity contribution is 6.89. The van der Waals surface area contributed by atoms with E-state index in [4.69, 9.17) is 27.4 Å². The number of aryl methyl sites for hydroxylation is 2. The van der Waals surface area contributed by atoms with Gasteiger partial charge in [0, 0.05) is 55.7 Å². The van der Waals surface area contributed by atoms with E-state index in [9.17, 15) is 0 Å². The maximum Gasteiger partial charge on any atom is 0.418 e. The fraction of sp³-hybridized carbons (Fsp3) is 0.0877. The van der Waals surface area contributed by atoms with Gasteiger partial charge < -0.3 is 19.6 Å². The average molecular weight is 1710 g/mol. The second-order valence-corrected chi connectivity index (χ2v) is 43.4. The van der Waals surface area contributed by atoms with Gasteiger partial charge in [0.25, 0.3) is 0 Å². The van der Waals surface area contributed by atoms with Crippen molar-refractivity contribution in [3.05, 3.63) is 422 Å². The molecule has 20 rings (SSSR count). The zero-order valence-electron chi connectivity index (χ0n) is 89.6. The summed E-state index contributed by atoms with van der Waals surface area (Å²) in [6, 6.07) is 73.7. The number of nitrogens with zero attached hydrogens (tertiary/aromatic N) is 4. The first-order valence-corrected chi connectivity index (χ1v) is 48.0. The molecule has 0 radical (unpaired) electrons. The Bertz CT molecular complexity index is 8610. The van der Waals surface area contributed by atoms with Gasteiger partial charge in [0.2, 0.25) is 0 Å². The normalized spacial score (nSPS) is 14.3. The minimum absolute atomic E-state index is 0.0948. The van der Waals surface area contributed by atoms with Crippen LogP contribution in [0.15, 0.2) is 400 Å². The van der Waals surface area contributed by atoms with Gasteiger partial charge in [-0.05, 0) is 234 Å². The predicted molar refractivity (Wildman–Crippen MR) is 526 cm³/mol. The minimum Gasteiger partial charge on any atom is -0.310 e. The SMILES string of the molecule is [2H]c1c([2H])c([2H])c(-c2ccc(N(c3ccc([Si](C)(C)C)cc3)c3ccc4ccc5c(N(c6ccc([Si](C)(C)C)cc6)c6ccc(-c7c([2H])c([2H])c([2H])c([2H])c7[2H])cc6C(F)(F)F)ccc6ccc3c4c65)c(C)c2)c([2H])c1[2H].[2H]c1c([2H])c([2H])c(-c2ccc(N(c3ccccc3)c3ccc4ccc5c(N(c6ccccc6)c6ccc(-c7c([2H])c([2H])c([2H])c([2H])c7[2H])cc6C(F)(F)F)ccc6ccc3c4c65)c(C)c2)c([2H])c1[2H]. The molecule has 0 amide bonds. The molecule has 0 saturated carbocycles. The molecular weight excluding hydrogens is 1600 g/mol. The molecule has 0 atom stereocenters. The molecule has 20 aromatic rings. The van der Waals surface area contributed by atoms with Crippen molar-refractivity contribution >= 4 is 159 Å². The molecule has 4 nitrogen and oxygen atoms in total. The van der Waals surface area contributed by atoms with E-state index >= 15 is 26.3 Å². The molecule has 0 spiro atoms. The van der Waals surface area contributed by atoms with Crippen LogP contribution in [0, 0.1) is 13.8 Å². The summed E-state index contributed by atoms with van der Waals surface area (Å²) < 4.78 is 262. The lowest BCUT2D eigenvalue weighted by atomic mass is 9.91. The molecule has 0 unspecified atom stereocenters. The van der Waals surface area contributed by atoms with Crippen LogP contribution >= 0.6 is 0 Å². The summed E-state index contributed by atoms with van der Waals surface area (Å²) in [7, 11) is -3.61. The zero-order valence-corrected chi connectivity index (χ0v) is 71.6. The van der Waals surface area contributed by atoms with Crippen LogP contribution in [-0.2, 0) is 12.4 Å². The fourth-order valence-electron chi connectivity index (χ4n) is 17.3. The molecule has 126 heavy (non-hydrogen) atoms. The first-order chi connectivity index (χ1) is 69.2. The van der Waals surface area contributed by atoms with E-state index in [0.29, 0.717) is 44.6 Å². The number of hydrogen-bond donors (Lipinski definition) is 0. The zero-order chi connectivity index (χ0) is 104. The van der Waals surface area contributed by atoms with Crippen LogP contribution in [0.4, 0.5) is 94.6 Å². The van der Waals surface area contributed by atoms with Gasteiger partial charge in [-0.15, -0.1) is 0 Å². The summed E-state index contributed by atoms with van der Waals surface area (Å²) in [5, 5.41) is 12.2. The topological polar surface area (TPSA) is 13.0 Å². The Hall–Kier alpha value is -14.3. The van der Waals surface area contributed by atoms with Crippen molar-refractivity contribution in [1.29, 1.82) is 0 Å². The van der Waals surface area contributed by atoms with Crippen molar-refractivity contribution in [2.75, 3.05) is 19.6 Å². The van der Waals surface area contributed by atoms with Crippen molar-refractivity contribution in [1.82, 2.24) is 0 Å². The summed E-state index contributed by atoms with van der Waals surface area (Å²) in [6.07, 6.45) is -9.91. The van der Waals surface area contributed by atoms with Crippen molar-refractivity contribution in [3.8, 4) is 44.5 Å². The number of hydrogen-bond acceptors (Lipinski definition) is 4. The number of anilines is 12. The maximum atomic E-state index is 15.9. The van der Waals surface area contributed by atoms with Crippen LogP contribution < -0.4 is 30.0 Å². The Morgan fingerprint density at radius 1 is 0.230 bits per heavy atom. The largest absolute Gasteiger partial charge is 0.418 e. The van der Waals surface area contributed by atoms with E-state index < -0.39 is 136 Å². The van der Waals surface area contributed by atoms with Crippen LogP contribution in [-0.4, -0.2) is 16.1 Å². The highest BCUT2D eigenvalue weighted by atomic mass is 28.3. The lowest BCUT2D eigenvalue weighted by Gasteiger charge is -2.31. The van der Waals surface area contributed by atoms with Crippen molar-refractivity contribution in [2.45, 2.75) is 65.5 Å². The van der Waals surface area contributed by atoms with E-state index in [0.717, 1.165) is 116 Å². The quantitative estimate of drug-likeness (QED) is 0.0482. The Morgan fingerprint density at radius 3 is 0.714 bits per heavy atom. The van der Waals surface area contributed by atoms with E-state index in [2.05, 4.69) is 85.5 Å². The second kappa shape index (κ2) is 32.7. The van der Waals surface area contributed by atoms with Crippen molar-refractivity contribution in [2.24, 2.45) is 0 Å². The van der Waals surface area contributed by atoms with Gasteiger partial charge in [0.15, 0.2) is 0 Å². The fourth-order valence-corrected chi connectivity index (χ4v) is 19.6. The van der Waals surface area contributed by atoms with Gasteiger partial charge in [-0.25, -0.2) is 0 Å². The third-order valence-corrected chi connectivity index (χ3v) is 27.5. The summed E-state index contributed by atoms with van der Waals surface area (Å²) in [4.78, 5) is 7.39. The van der Waals surface area contributed by atoms with Crippen molar-refractivity contribution in [3.63, 3.8) is 0 Å². The second-order valence-electron chi connectivity index (χ2n) is 33.3. The first-order valence-electron chi connectivity index (χ1n) is 51.0. The van der Waals surface area contributed by atoms with Gasteiger partial charge in [0.05, 0.1) is 88.8 Å². The van der Waals surface area contributed by atoms with Crippen LogP contribution in [0.2, 0.25) is 39.3 Å². The molecule has 0 aromatic heterocycles. The Balaban J connectivity index is 0.000000185. The third-order valence-electron chi connectivity index (χ3n) is 23.3. The van der Waals surface area contributed by atoms with E-state index in [1.807, 2.05) is 172 Å². The van der Waals surface area contributed by atoms with Crippen molar-refractivity contribution < 1.29 is 53.8 Å². The van der Waals surface area contributed by atoms with Gasteiger partial charge in [-0.1, -0.05) is 328 Å². The van der Waals surface area contributed by atoms with Gasteiger partial charge in [0.1, 0.15) is 0 Å². The van der Waals surface area contributed by atoms with Gasteiger partial charge in [-0.3, -0.25) is 0 Å². The van der Waals surface area contributed by atoms with E-state index in [1.54, 1.807) is 53.4 Å². The highest BCUT2D eigenvalue weighted by Gasteiger charge is 2.39. The lowest BCUT2D eigenvalue weighted by Crippen LogP contribution is -2.37. The first kappa shape index (κ1) is 61.1. The van der Waals surface area contributed by atoms with E-state index in [1.165, 1.54) is 34.4 Å². The smallest absolute Gasteiger partial charge is 0.310 e. The molecular formula is C114H90F6N4Si2. The molecule has 616 valence electrons. The maximum absolute atomic E-state index is 15.9.